The minimum Gasteiger partial charge on any atom is -0.344 e. The lowest BCUT2D eigenvalue weighted by molar-refractivity contribution is -0.129. The molecule has 1 aliphatic rings. The van der Waals surface area contributed by atoms with Gasteiger partial charge in [0.25, 0.3) is 0 Å². The van der Waals surface area contributed by atoms with Crippen molar-refractivity contribution in [3.8, 4) is 11.8 Å². The second-order valence-electron chi connectivity index (χ2n) is 4.19. The highest BCUT2D eigenvalue weighted by molar-refractivity contribution is 5.09. The van der Waals surface area contributed by atoms with Crippen molar-refractivity contribution in [1.29, 1.82) is 0 Å². The number of rotatable bonds is 5. The third-order valence-corrected chi connectivity index (χ3v) is 2.76. The van der Waals surface area contributed by atoms with Gasteiger partial charge in [0.05, 0.1) is 13.2 Å². The zero-order chi connectivity index (χ0) is 11.9. The molecule has 0 spiro atoms. The van der Waals surface area contributed by atoms with Crippen molar-refractivity contribution < 1.29 is 9.47 Å². The first-order chi connectivity index (χ1) is 7.71. The lowest BCUT2D eigenvalue weighted by Crippen LogP contribution is -2.30. The van der Waals surface area contributed by atoms with Crippen molar-refractivity contribution in [1.82, 2.24) is 0 Å². The van der Waals surface area contributed by atoms with Crippen molar-refractivity contribution in [2.75, 3.05) is 13.2 Å². The Labute approximate surface area is 99.0 Å². The molecule has 0 bridgehead atoms. The topological polar surface area (TPSA) is 18.5 Å². The van der Waals surface area contributed by atoms with Crippen LogP contribution in [0.3, 0.4) is 0 Å². The molecule has 2 nitrogen and oxygen atoms in total. The smallest absolute Gasteiger partial charge is 0.191 e. The maximum absolute atomic E-state index is 5.64. The van der Waals surface area contributed by atoms with Gasteiger partial charge in [-0.3, -0.25) is 0 Å². The lowest BCUT2D eigenvalue weighted by Gasteiger charge is -2.26. The quantitative estimate of drug-likeness (QED) is 0.404. The molecule has 16 heavy (non-hydrogen) atoms. The van der Waals surface area contributed by atoms with E-state index in [1.165, 1.54) is 12.8 Å². The molecule has 1 fully saturated rings. The Morgan fingerprint density at radius 1 is 1.25 bits per heavy atom. The van der Waals surface area contributed by atoms with Crippen LogP contribution in [0.1, 0.15) is 46.0 Å². The van der Waals surface area contributed by atoms with Crippen LogP contribution < -0.4 is 0 Å². The predicted octanol–water partition coefficient (Wildman–Crippen LogP) is 3.28. The highest BCUT2D eigenvalue weighted by Gasteiger charge is 2.36. The summed E-state index contributed by atoms with van der Waals surface area (Å²) < 4.78 is 11.3. The molecule has 0 saturated carbocycles. The van der Waals surface area contributed by atoms with E-state index in [0.29, 0.717) is 13.2 Å². The fourth-order valence-corrected chi connectivity index (χ4v) is 1.73. The van der Waals surface area contributed by atoms with Crippen LogP contribution in [0.2, 0.25) is 0 Å². The molecule has 90 valence electrons. The largest absolute Gasteiger partial charge is 0.344 e. The number of unbranched alkanes of at least 4 members (excludes halogenated alkanes) is 2. The average molecular weight is 222 g/mol. The van der Waals surface area contributed by atoms with Crippen molar-refractivity contribution >= 4 is 0 Å². The van der Waals surface area contributed by atoms with Gasteiger partial charge in [0.1, 0.15) is 0 Å². The summed E-state index contributed by atoms with van der Waals surface area (Å²) in [6.07, 6.45) is 5.00. The van der Waals surface area contributed by atoms with E-state index in [9.17, 15) is 0 Å². The summed E-state index contributed by atoms with van der Waals surface area (Å²) in [5, 5.41) is 0. The number of hydrogen-bond acceptors (Lipinski definition) is 2. The maximum atomic E-state index is 5.64. The summed E-state index contributed by atoms with van der Waals surface area (Å²) in [4.78, 5) is 0. The van der Waals surface area contributed by atoms with Gasteiger partial charge in [-0.2, -0.15) is 0 Å². The first-order valence-corrected chi connectivity index (χ1v) is 6.11. The van der Waals surface area contributed by atoms with Gasteiger partial charge in [-0.1, -0.05) is 19.9 Å². The van der Waals surface area contributed by atoms with Gasteiger partial charge in [0.15, 0.2) is 5.79 Å². The summed E-state index contributed by atoms with van der Waals surface area (Å²) in [6, 6.07) is 0. The standard InChI is InChI=1S/C14H22O2/c1-4-5-6-7-8-9-10-14(13(2)3)15-11-12-16-14/h2,4-6,9-12H2,1,3H3. The van der Waals surface area contributed by atoms with Crippen LogP contribution in [0.25, 0.3) is 0 Å². The molecule has 1 aliphatic heterocycles. The summed E-state index contributed by atoms with van der Waals surface area (Å²) in [6.45, 7) is 9.40. The molecular weight excluding hydrogens is 200 g/mol. The Hall–Kier alpha value is -0.780. The molecule has 0 N–H and O–H groups in total. The molecule has 0 atom stereocenters. The van der Waals surface area contributed by atoms with E-state index in [0.717, 1.165) is 24.8 Å². The minimum atomic E-state index is -0.556. The Bertz CT molecular complexity index is 277. The number of hydrogen-bond donors (Lipinski definition) is 0. The summed E-state index contributed by atoms with van der Waals surface area (Å²) in [5.41, 5.74) is 0.945. The summed E-state index contributed by atoms with van der Waals surface area (Å²) >= 11 is 0. The molecule has 0 aliphatic carbocycles. The van der Waals surface area contributed by atoms with Crippen molar-refractivity contribution in [3.05, 3.63) is 12.2 Å². The molecule has 0 aromatic rings. The van der Waals surface area contributed by atoms with Crippen LogP contribution >= 0.6 is 0 Å². The third-order valence-electron chi connectivity index (χ3n) is 2.76. The fourth-order valence-electron chi connectivity index (χ4n) is 1.73. The van der Waals surface area contributed by atoms with E-state index in [1.807, 2.05) is 6.92 Å². The second kappa shape index (κ2) is 6.73. The molecule has 0 radical (unpaired) electrons. The average Bonchev–Trinajstić information content (AvgIpc) is 2.73. The maximum Gasteiger partial charge on any atom is 0.191 e. The molecule has 0 unspecified atom stereocenters. The molecule has 0 aromatic carbocycles. The number of ether oxygens (including phenoxy) is 2. The van der Waals surface area contributed by atoms with E-state index in [-0.39, 0.29) is 0 Å². The molecule has 1 heterocycles. The molecule has 1 saturated heterocycles. The molecule has 2 heteroatoms. The van der Waals surface area contributed by atoms with Crippen molar-refractivity contribution in [3.63, 3.8) is 0 Å². The summed E-state index contributed by atoms with van der Waals surface area (Å²) in [7, 11) is 0. The Balaban J connectivity index is 2.33. The fraction of sp³-hybridized carbons (Fsp3) is 0.714. The molecule has 1 rings (SSSR count). The highest BCUT2D eigenvalue weighted by Crippen LogP contribution is 2.31. The Morgan fingerprint density at radius 2 is 1.88 bits per heavy atom. The van der Waals surface area contributed by atoms with Crippen LogP contribution in [0.4, 0.5) is 0 Å². The monoisotopic (exact) mass is 222 g/mol. The zero-order valence-corrected chi connectivity index (χ0v) is 10.5. The van der Waals surface area contributed by atoms with E-state index >= 15 is 0 Å². The molecule has 0 aromatic heterocycles. The van der Waals surface area contributed by atoms with Gasteiger partial charge >= 0.3 is 0 Å². The van der Waals surface area contributed by atoms with Gasteiger partial charge in [-0.25, -0.2) is 0 Å². The third kappa shape index (κ3) is 3.66. The van der Waals surface area contributed by atoms with Crippen LogP contribution in [-0.2, 0) is 9.47 Å². The summed E-state index contributed by atoms with van der Waals surface area (Å²) in [5.74, 6) is 5.80. The van der Waals surface area contributed by atoms with E-state index < -0.39 is 5.79 Å². The van der Waals surface area contributed by atoms with Crippen LogP contribution in [0, 0.1) is 11.8 Å². The van der Waals surface area contributed by atoms with E-state index in [1.54, 1.807) is 0 Å². The van der Waals surface area contributed by atoms with Crippen molar-refractivity contribution in [2.45, 2.75) is 51.7 Å². The molecule has 0 amide bonds. The first kappa shape index (κ1) is 13.3. The Morgan fingerprint density at radius 3 is 2.44 bits per heavy atom. The lowest BCUT2D eigenvalue weighted by atomic mass is 10.0. The van der Waals surface area contributed by atoms with Gasteiger partial charge in [-0.15, -0.1) is 11.8 Å². The zero-order valence-electron chi connectivity index (χ0n) is 10.5. The van der Waals surface area contributed by atoms with Gasteiger partial charge in [-0.05, 0) is 18.9 Å². The second-order valence-corrected chi connectivity index (χ2v) is 4.19. The SMILES string of the molecule is C=C(C)C1(CCC#CCCCC)OCCO1. The van der Waals surface area contributed by atoms with E-state index in [4.69, 9.17) is 9.47 Å². The van der Waals surface area contributed by atoms with Gasteiger partial charge in [0.2, 0.25) is 0 Å². The van der Waals surface area contributed by atoms with Crippen LogP contribution in [-0.4, -0.2) is 19.0 Å². The van der Waals surface area contributed by atoms with E-state index in [2.05, 4.69) is 25.3 Å². The van der Waals surface area contributed by atoms with Gasteiger partial charge in [0, 0.05) is 19.3 Å². The minimum absolute atomic E-state index is 0.556. The van der Waals surface area contributed by atoms with Crippen LogP contribution in [0.15, 0.2) is 12.2 Å². The predicted molar refractivity (Wildman–Crippen MR) is 66.0 cm³/mol. The van der Waals surface area contributed by atoms with Gasteiger partial charge < -0.3 is 9.47 Å². The highest BCUT2D eigenvalue weighted by atomic mass is 16.7. The Kier molecular flexibility index (Phi) is 5.59. The first-order valence-electron chi connectivity index (χ1n) is 6.11. The van der Waals surface area contributed by atoms with Crippen LogP contribution in [0.5, 0.6) is 0 Å². The molecular formula is C14H22O2. The normalized spacial score (nSPS) is 17.9. The van der Waals surface area contributed by atoms with Crippen molar-refractivity contribution in [2.24, 2.45) is 0 Å².